The first kappa shape index (κ1) is 16.2. The molecule has 2 aromatic carbocycles. The second-order valence-electron chi connectivity index (χ2n) is 5.15. The number of aryl methyl sites for hydroxylation is 1. The molecule has 7 heteroatoms. The number of hydrogen-bond donors (Lipinski definition) is 0. The summed E-state index contributed by atoms with van der Waals surface area (Å²) in [5, 5.41) is 12.3. The zero-order chi connectivity index (χ0) is 16.9. The van der Waals surface area contributed by atoms with E-state index in [-0.39, 0.29) is 11.5 Å². The SMILES string of the molecule is COc1ccc(-n2nnnc2SCC(=O)c2ccc(C)cc2)cc1. The lowest BCUT2D eigenvalue weighted by atomic mass is 10.1. The molecule has 0 fully saturated rings. The monoisotopic (exact) mass is 340 g/mol. The molecule has 0 radical (unpaired) electrons. The van der Waals surface area contributed by atoms with Gasteiger partial charge in [0, 0.05) is 5.56 Å². The molecule has 122 valence electrons. The first-order valence-electron chi connectivity index (χ1n) is 7.33. The van der Waals surface area contributed by atoms with E-state index in [1.165, 1.54) is 11.8 Å². The van der Waals surface area contributed by atoms with Crippen LogP contribution < -0.4 is 4.74 Å². The summed E-state index contributed by atoms with van der Waals surface area (Å²) in [5.41, 5.74) is 2.63. The van der Waals surface area contributed by atoms with Crippen molar-refractivity contribution in [1.29, 1.82) is 0 Å². The van der Waals surface area contributed by atoms with Gasteiger partial charge in [0.2, 0.25) is 5.16 Å². The van der Waals surface area contributed by atoms with Crippen LogP contribution in [0.5, 0.6) is 5.75 Å². The van der Waals surface area contributed by atoms with E-state index in [1.807, 2.05) is 55.5 Å². The summed E-state index contributed by atoms with van der Waals surface area (Å²) in [6.07, 6.45) is 0. The Hall–Kier alpha value is -2.67. The van der Waals surface area contributed by atoms with Gasteiger partial charge in [0.1, 0.15) is 5.75 Å². The molecule has 0 N–H and O–H groups in total. The summed E-state index contributed by atoms with van der Waals surface area (Å²) in [6.45, 7) is 1.99. The second-order valence-corrected chi connectivity index (χ2v) is 6.09. The van der Waals surface area contributed by atoms with Gasteiger partial charge < -0.3 is 4.74 Å². The van der Waals surface area contributed by atoms with Gasteiger partial charge in [-0.15, -0.1) is 5.10 Å². The summed E-state index contributed by atoms with van der Waals surface area (Å²) in [6, 6.07) is 14.9. The highest BCUT2D eigenvalue weighted by atomic mass is 32.2. The lowest BCUT2D eigenvalue weighted by molar-refractivity contribution is 0.102. The standard InChI is InChI=1S/C17H16N4O2S/c1-12-3-5-13(6-4-12)16(22)11-24-17-18-19-20-21(17)14-7-9-15(23-2)10-8-14/h3-10H,11H2,1-2H3. The number of rotatable bonds is 6. The Bertz CT molecular complexity index is 829. The summed E-state index contributed by atoms with van der Waals surface area (Å²) < 4.78 is 6.75. The summed E-state index contributed by atoms with van der Waals surface area (Å²) in [4.78, 5) is 12.3. The molecular weight excluding hydrogens is 324 g/mol. The molecule has 1 heterocycles. The van der Waals surface area contributed by atoms with E-state index < -0.39 is 0 Å². The largest absolute Gasteiger partial charge is 0.497 e. The van der Waals surface area contributed by atoms with Gasteiger partial charge in [0.15, 0.2) is 5.78 Å². The summed E-state index contributed by atoms with van der Waals surface area (Å²) >= 11 is 1.31. The van der Waals surface area contributed by atoms with Gasteiger partial charge in [-0.1, -0.05) is 41.6 Å². The maximum Gasteiger partial charge on any atom is 0.214 e. The van der Waals surface area contributed by atoms with Crippen molar-refractivity contribution in [1.82, 2.24) is 20.2 Å². The number of ether oxygens (including phenoxy) is 1. The Morgan fingerprint density at radius 3 is 2.50 bits per heavy atom. The predicted octanol–water partition coefficient (Wildman–Crippen LogP) is 2.95. The topological polar surface area (TPSA) is 69.9 Å². The molecule has 0 saturated heterocycles. The van der Waals surface area contributed by atoms with E-state index in [9.17, 15) is 4.79 Å². The Balaban J connectivity index is 1.71. The normalized spacial score (nSPS) is 10.6. The first-order valence-corrected chi connectivity index (χ1v) is 8.31. The number of tetrazole rings is 1. The molecule has 0 bridgehead atoms. The minimum absolute atomic E-state index is 0.0456. The maximum atomic E-state index is 12.3. The average Bonchev–Trinajstić information content (AvgIpc) is 3.09. The number of Topliss-reactive ketones (excluding diaryl/α,β-unsaturated/α-hetero) is 1. The molecule has 6 nitrogen and oxygen atoms in total. The highest BCUT2D eigenvalue weighted by molar-refractivity contribution is 7.99. The van der Waals surface area contributed by atoms with Crippen molar-refractivity contribution < 1.29 is 9.53 Å². The number of hydrogen-bond acceptors (Lipinski definition) is 6. The molecular formula is C17H16N4O2S. The van der Waals surface area contributed by atoms with E-state index in [0.29, 0.717) is 10.7 Å². The van der Waals surface area contributed by atoms with Crippen LogP contribution in [0.25, 0.3) is 5.69 Å². The highest BCUT2D eigenvalue weighted by Gasteiger charge is 2.13. The van der Waals surface area contributed by atoms with Crippen molar-refractivity contribution in [2.75, 3.05) is 12.9 Å². The number of benzene rings is 2. The van der Waals surface area contributed by atoms with Crippen molar-refractivity contribution in [3.8, 4) is 11.4 Å². The fourth-order valence-corrected chi connectivity index (χ4v) is 2.89. The molecule has 0 atom stereocenters. The minimum Gasteiger partial charge on any atom is -0.497 e. The molecule has 0 aliphatic rings. The van der Waals surface area contributed by atoms with E-state index in [4.69, 9.17) is 4.74 Å². The Morgan fingerprint density at radius 2 is 1.83 bits per heavy atom. The minimum atomic E-state index is 0.0456. The summed E-state index contributed by atoms with van der Waals surface area (Å²) in [7, 11) is 1.62. The average molecular weight is 340 g/mol. The second kappa shape index (κ2) is 7.27. The van der Waals surface area contributed by atoms with Crippen LogP contribution in [-0.4, -0.2) is 38.9 Å². The molecule has 0 amide bonds. The first-order chi connectivity index (χ1) is 11.7. The number of aromatic nitrogens is 4. The smallest absolute Gasteiger partial charge is 0.214 e. The van der Waals surface area contributed by atoms with Gasteiger partial charge >= 0.3 is 0 Å². The lowest BCUT2D eigenvalue weighted by Gasteiger charge is -2.05. The third-order valence-corrected chi connectivity index (χ3v) is 4.38. The van der Waals surface area contributed by atoms with Crippen molar-refractivity contribution in [3.05, 3.63) is 59.7 Å². The number of nitrogens with zero attached hydrogens (tertiary/aromatic N) is 4. The van der Waals surface area contributed by atoms with Crippen molar-refractivity contribution in [3.63, 3.8) is 0 Å². The molecule has 3 aromatic rings. The number of methoxy groups -OCH3 is 1. The fraction of sp³-hybridized carbons (Fsp3) is 0.176. The van der Waals surface area contributed by atoms with Crippen molar-refractivity contribution >= 4 is 17.5 Å². The highest BCUT2D eigenvalue weighted by Crippen LogP contribution is 2.21. The van der Waals surface area contributed by atoms with E-state index in [2.05, 4.69) is 15.5 Å². The molecule has 0 aliphatic carbocycles. The van der Waals surface area contributed by atoms with E-state index in [1.54, 1.807) is 11.8 Å². The number of carbonyl (C=O) groups excluding carboxylic acids is 1. The van der Waals surface area contributed by atoms with Crippen LogP contribution in [0.4, 0.5) is 0 Å². The number of thioether (sulfide) groups is 1. The van der Waals surface area contributed by atoms with E-state index in [0.717, 1.165) is 17.0 Å². The third-order valence-electron chi connectivity index (χ3n) is 3.46. The molecule has 1 aromatic heterocycles. The zero-order valence-electron chi connectivity index (χ0n) is 13.3. The molecule has 24 heavy (non-hydrogen) atoms. The number of ketones is 1. The predicted molar refractivity (Wildman–Crippen MR) is 91.9 cm³/mol. The van der Waals surface area contributed by atoms with Crippen LogP contribution in [0.2, 0.25) is 0 Å². The van der Waals surface area contributed by atoms with Crippen LogP contribution in [0.3, 0.4) is 0 Å². The van der Waals surface area contributed by atoms with Crippen molar-refractivity contribution in [2.24, 2.45) is 0 Å². The Kier molecular flexibility index (Phi) is 4.90. The molecule has 0 unspecified atom stereocenters. The van der Waals surface area contributed by atoms with Crippen LogP contribution in [0, 0.1) is 6.92 Å². The van der Waals surface area contributed by atoms with Gasteiger partial charge in [-0.05, 0) is 41.6 Å². The maximum absolute atomic E-state index is 12.3. The molecule has 0 saturated carbocycles. The van der Waals surface area contributed by atoms with Gasteiger partial charge in [-0.25, -0.2) is 0 Å². The fourth-order valence-electron chi connectivity index (χ4n) is 2.11. The molecule has 0 spiro atoms. The van der Waals surface area contributed by atoms with Crippen LogP contribution in [0.15, 0.2) is 53.7 Å². The van der Waals surface area contributed by atoms with Gasteiger partial charge in [0.05, 0.1) is 18.6 Å². The quantitative estimate of drug-likeness (QED) is 0.507. The van der Waals surface area contributed by atoms with Gasteiger partial charge in [0.25, 0.3) is 0 Å². The molecule has 0 aliphatic heterocycles. The van der Waals surface area contributed by atoms with Crippen LogP contribution in [0.1, 0.15) is 15.9 Å². The van der Waals surface area contributed by atoms with Gasteiger partial charge in [-0.2, -0.15) is 4.68 Å². The zero-order valence-corrected chi connectivity index (χ0v) is 14.2. The molecule has 3 rings (SSSR count). The Labute approximate surface area is 143 Å². The van der Waals surface area contributed by atoms with Gasteiger partial charge in [-0.3, -0.25) is 4.79 Å². The lowest BCUT2D eigenvalue weighted by Crippen LogP contribution is -2.05. The summed E-state index contributed by atoms with van der Waals surface area (Å²) in [5.74, 6) is 1.08. The van der Waals surface area contributed by atoms with Crippen molar-refractivity contribution in [2.45, 2.75) is 12.1 Å². The number of carbonyl (C=O) groups is 1. The third kappa shape index (κ3) is 3.62. The van der Waals surface area contributed by atoms with Crippen LogP contribution >= 0.6 is 11.8 Å². The van der Waals surface area contributed by atoms with Crippen LogP contribution in [-0.2, 0) is 0 Å². The van der Waals surface area contributed by atoms with E-state index >= 15 is 0 Å². The Morgan fingerprint density at radius 1 is 1.12 bits per heavy atom.